The number of hydrogen-bond acceptors (Lipinski definition) is 1. The smallest absolute Gasteiger partial charge is 0.0606 e. The topological polar surface area (TPSA) is 12.9 Å². The molecule has 1 aliphatic rings. The van der Waals surface area contributed by atoms with E-state index in [1.807, 2.05) is 0 Å². The molecule has 0 amide bonds. The molecule has 1 aromatic heterocycles. The molecule has 2 rings (SSSR count). The van der Waals surface area contributed by atoms with E-state index in [0.29, 0.717) is 11.3 Å². The van der Waals surface area contributed by atoms with Crippen molar-refractivity contribution >= 4 is 7.85 Å². The monoisotopic (exact) mass is 229 g/mol. The number of fused-ring (bicyclic) bond motifs is 1. The van der Waals surface area contributed by atoms with Gasteiger partial charge in [0.25, 0.3) is 0 Å². The zero-order chi connectivity index (χ0) is 13.2. The summed E-state index contributed by atoms with van der Waals surface area (Å²) >= 11 is 0. The van der Waals surface area contributed by atoms with Crippen molar-refractivity contribution in [3.05, 3.63) is 28.6 Å². The fourth-order valence-electron chi connectivity index (χ4n) is 2.86. The second-order valence-corrected chi connectivity index (χ2v) is 5.69. The third-order valence-electron chi connectivity index (χ3n) is 3.73. The first-order chi connectivity index (χ1) is 7.93. The van der Waals surface area contributed by atoms with Crippen LogP contribution in [0.4, 0.5) is 0 Å². The molecule has 2 radical (unpaired) electrons. The van der Waals surface area contributed by atoms with Crippen molar-refractivity contribution in [3.63, 3.8) is 0 Å². The Morgan fingerprint density at radius 2 is 1.88 bits per heavy atom. The normalized spacial score (nSPS) is 16.4. The highest BCUT2D eigenvalue weighted by molar-refractivity contribution is 6.05. The van der Waals surface area contributed by atoms with Gasteiger partial charge in [-0.1, -0.05) is 34.5 Å². The molecule has 1 aliphatic carbocycles. The van der Waals surface area contributed by atoms with E-state index < -0.39 is 0 Å². The lowest BCUT2D eigenvalue weighted by Gasteiger charge is -2.20. The van der Waals surface area contributed by atoms with Gasteiger partial charge in [0.15, 0.2) is 0 Å². The molecule has 0 aliphatic heterocycles. The van der Waals surface area contributed by atoms with Crippen LogP contribution in [0.3, 0.4) is 0 Å². The minimum Gasteiger partial charge on any atom is -0.261 e. The van der Waals surface area contributed by atoms with Crippen LogP contribution in [-0.2, 0) is 11.8 Å². The number of aromatic nitrogens is 1. The maximum Gasteiger partial charge on any atom is 0.0606 e. The molecule has 0 atom stereocenters. The van der Waals surface area contributed by atoms with E-state index in [9.17, 15) is 0 Å². The number of hydrogen-bond donors (Lipinski definition) is 0. The van der Waals surface area contributed by atoms with Crippen molar-refractivity contribution in [2.75, 3.05) is 0 Å². The summed E-state index contributed by atoms with van der Waals surface area (Å²) in [5.41, 5.74) is 6.12. The van der Waals surface area contributed by atoms with Gasteiger partial charge in [0, 0.05) is 11.9 Å². The Bertz CT molecular complexity index is 394. The van der Waals surface area contributed by atoms with E-state index in [4.69, 9.17) is 0 Å². The Hall–Kier alpha value is -0.785. The van der Waals surface area contributed by atoms with Gasteiger partial charge in [0.05, 0.1) is 7.85 Å². The van der Waals surface area contributed by atoms with Crippen molar-refractivity contribution in [2.24, 2.45) is 0 Å². The van der Waals surface area contributed by atoms with Gasteiger partial charge in [0.2, 0.25) is 0 Å². The summed E-state index contributed by atoms with van der Waals surface area (Å²) in [6, 6.07) is 0. The van der Waals surface area contributed by atoms with E-state index in [0.717, 1.165) is 0 Å². The number of aryl methyl sites for hydroxylation is 1. The van der Waals surface area contributed by atoms with Gasteiger partial charge in [-0.2, -0.15) is 0 Å². The van der Waals surface area contributed by atoms with Gasteiger partial charge in [0.1, 0.15) is 0 Å². The summed E-state index contributed by atoms with van der Waals surface area (Å²) in [6.07, 6.45) is 4.61. The summed E-state index contributed by atoms with van der Waals surface area (Å²) in [7, 11) is 4.50. The molecule has 0 saturated carbocycles. The minimum absolute atomic E-state index is 0.333. The first-order valence-corrected chi connectivity index (χ1v) is 6.50. The fourth-order valence-corrected chi connectivity index (χ4v) is 2.86. The van der Waals surface area contributed by atoms with E-state index >= 15 is 0 Å². The van der Waals surface area contributed by atoms with Crippen molar-refractivity contribution in [2.45, 2.75) is 65.6 Å². The molecule has 0 aromatic carbocycles. The molecular formula is C15H24BN. The van der Waals surface area contributed by atoms with Crippen LogP contribution in [0.15, 0.2) is 6.20 Å². The Morgan fingerprint density at radius 1 is 1.29 bits per heavy atom. The molecule has 0 fully saturated rings. The average Bonchev–Trinajstić information content (AvgIpc) is 2.57. The molecule has 0 spiro atoms. The molecule has 0 unspecified atom stereocenters. The summed E-state index contributed by atoms with van der Waals surface area (Å²) in [5.74, 6) is 0.598. The summed E-state index contributed by atoms with van der Waals surface area (Å²) in [5, 5.41) is 0. The van der Waals surface area contributed by atoms with Crippen LogP contribution in [0, 0.1) is 6.92 Å². The SMILES string of the molecule is Cc1ncc2c(c1C(C)C)CCC2(C)C.[B]C. The molecule has 1 heterocycles. The van der Waals surface area contributed by atoms with Gasteiger partial charge in [-0.25, -0.2) is 0 Å². The average molecular weight is 229 g/mol. The standard InChI is InChI=1S/C14H21N.CH3B/c1-9(2)13-10(3)15-8-12-11(13)6-7-14(12,4)5;1-2/h8-9H,6-7H2,1-5H3;1H3. The van der Waals surface area contributed by atoms with Gasteiger partial charge >= 0.3 is 0 Å². The molecule has 92 valence electrons. The van der Waals surface area contributed by atoms with Crippen LogP contribution in [-0.4, -0.2) is 12.8 Å². The van der Waals surface area contributed by atoms with Crippen LogP contribution >= 0.6 is 0 Å². The van der Waals surface area contributed by atoms with Crippen molar-refractivity contribution in [3.8, 4) is 0 Å². The molecule has 0 bridgehead atoms. The third-order valence-corrected chi connectivity index (χ3v) is 3.73. The predicted octanol–water partition coefficient (Wildman–Crippen LogP) is 3.94. The first kappa shape index (κ1) is 14.3. The van der Waals surface area contributed by atoms with Crippen LogP contribution in [0.2, 0.25) is 6.82 Å². The maximum absolute atomic E-state index is 4.57. The van der Waals surface area contributed by atoms with Crippen LogP contribution in [0.1, 0.15) is 62.4 Å². The van der Waals surface area contributed by atoms with Gasteiger partial charge < -0.3 is 0 Å². The largest absolute Gasteiger partial charge is 0.261 e. The lowest BCUT2D eigenvalue weighted by atomic mass is 9.86. The second-order valence-electron chi connectivity index (χ2n) is 5.69. The van der Waals surface area contributed by atoms with Crippen LogP contribution in [0.25, 0.3) is 0 Å². The Kier molecular flexibility index (Phi) is 4.40. The van der Waals surface area contributed by atoms with Crippen molar-refractivity contribution in [1.82, 2.24) is 4.98 Å². The quantitative estimate of drug-likeness (QED) is 0.664. The van der Waals surface area contributed by atoms with Gasteiger partial charge in [-0.3, -0.25) is 4.98 Å². The summed E-state index contributed by atoms with van der Waals surface area (Å²) < 4.78 is 0. The molecule has 0 N–H and O–H groups in total. The summed E-state index contributed by atoms with van der Waals surface area (Å²) in [4.78, 5) is 4.57. The zero-order valence-corrected chi connectivity index (χ0v) is 12.1. The van der Waals surface area contributed by atoms with Gasteiger partial charge in [-0.05, 0) is 47.8 Å². The fraction of sp³-hybridized carbons (Fsp3) is 0.667. The van der Waals surface area contributed by atoms with Gasteiger partial charge in [-0.15, -0.1) is 0 Å². The third kappa shape index (κ3) is 2.56. The van der Waals surface area contributed by atoms with Crippen LogP contribution < -0.4 is 0 Å². The maximum atomic E-state index is 4.57. The highest BCUT2D eigenvalue weighted by Gasteiger charge is 2.32. The lowest BCUT2D eigenvalue weighted by molar-refractivity contribution is 0.521. The molecule has 1 aromatic rings. The Morgan fingerprint density at radius 3 is 2.41 bits per heavy atom. The molecule has 17 heavy (non-hydrogen) atoms. The molecule has 2 heteroatoms. The Balaban J connectivity index is 0.000000686. The highest BCUT2D eigenvalue weighted by atomic mass is 14.7. The number of rotatable bonds is 1. The zero-order valence-electron chi connectivity index (χ0n) is 12.1. The number of nitrogens with zero attached hydrogens (tertiary/aromatic N) is 1. The highest BCUT2D eigenvalue weighted by Crippen LogP contribution is 2.41. The summed E-state index contributed by atoms with van der Waals surface area (Å²) in [6.45, 7) is 12.9. The molecule has 1 nitrogen and oxygen atoms in total. The minimum atomic E-state index is 0.333. The molecular weight excluding hydrogens is 205 g/mol. The lowest BCUT2D eigenvalue weighted by Crippen LogP contribution is -2.13. The van der Waals surface area contributed by atoms with Crippen molar-refractivity contribution < 1.29 is 0 Å². The van der Waals surface area contributed by atoms with Crippen molar-refractivity contribution in [1.29, 1.82) is 0 Å². The van der Waals surface area contributed by atoms with E-state index in [1.165, 1.54) is 36.5 Å². The molecule has 0 saturated heterocycles. The first-order valence-electron chi connectivity index (χ1n) is 6.50. The van der Waals surface area contributed by atoms with E-state index in [1.54, 1.807) is 5.56 Å². The Labute approximate surface area is 107 Å². The van der Waals surface area contributed by atoms with E-state index in [2.05, 4.69) is 53.6 Å². The van der Waals surface area contributed by atoms with Crippen LogP contribution in [0.5, 0.6) is 0 Å². The second kappa shape index (κ2) is 5.24. The predicted molar refractivity (Wildman–Crippen MR) is 76.0 cm³/mol. The number of pyridine rings is 1. The van der Waals surface area contributed by atoms with E-state index in [-0.39, 0.29) is 0 Å².